The molecule has 5 atom stereocenters. The van der Waals surface area contributed by atoms with Crippen molar-refractivity contribution in [1.82, 2.24) is 19.4 Å². The molecule has 3 amide bonds. The number of likely N-dealkylation sites (N-methyl/N-ethyl adjacent to an activating group) is 1. The largest absolute Gasteiger partial charge is 0.490 e. The van der Waals surface area contributed by atoms with Crippen LogP contribution in [0.2, 0.25) is 5.02 Å². The topological polar surface area (TPSA) is 68.4 Å². The van der Waals surface area contributed by atoms with Crippen LogP contribution in [-0.4, -0.2) is 92.1 Å². The van der Waals surface area contributed by atoms with Crippen molar-refractivity contribution in [2.45, 2.75) is 61.8 Å². The zero-order chi connectivity index (χ0) is 30.4. The summed E-state index contributed by atoms with van der Waals surface area (Å²) in [6, 6.07) is 12.9. The summed E-state index contributed by atoms with van der Waals surface area (Å²) in [6.07, 6.45) is 6.16. The normalized spacial score (nSPS) is 31.0. The van der Waals surface area contributed by atoms with Gasteiger partial charge in [0.15, 0.2) is 0 Å². The van der Waals surface area contributed by atoms with Gasteiger partial charge in [-0.05, 0) is 104 Å². The monoisotopic (exact) mass is 637 g/mol. The number of ether oxygens (including phenoxy) is 1. The summed E-state index contributed by atoms with van der Waals surface area (Å²) in [5, 5.41) is 0.780. The van der Waals surface area contributed by atoms with Crippen LogP contribution in [0.5, 0.6) is 5.75 Å². The minimum Gasteiger partial charge on any atom is -0.490 e. The van der Waals surface area contributed by atoms with E-state index in [1.165, 1.54) is 23.1 Å². The van der Waals surface area contributed by atoms with E-state index >= 15 is 0 Å². The molecule has 4 heterocycles. The van der Waals surface area contributed by atoms with Crippen LogP contribution in [0.4, 0.5) is 10.5 Å². The van der Waals surface area contributed by atoms with E-state index in [0.717, 1.165) is 99.1 Å². The number of amides is 3. The predicted molar refractivity (Wildman–Crippen MR) is 176 cm³/mol. The number of urea groups is 1. The van der Waals surface area contributed by atoms with Gasteiger partial charge >= 0.3 is 6.03 Å². The summed E-state index contributed by atoms with van der Waals surface area (Å²) in [7, 11) is 1.94. The molecule has 10 heteroatoms. The number of nitrogens with zero attached hydrogens (tertiary/aromatic N) is 4. The van der Waals surface area contributed by atoms with Gasteiger partial charge in [0.05, 0.1) is 18.3 Å². The number of hydrogen-bond donors (Lipinski definition) is 1. The van der Waals surface area contributed by atoms with Gasteiger partial charge in [0.1, 0.15) is 5.75 Å². The fourth-order valence-corrected chi connectivity index (χ4v) is 9.09. The number of anilines is 1. The SMILES string of the molecule is CC1C(=O)NSc2ccc3c(c2)N(CC2CCCN2C(=O)N(C)CCN2CCC1C2)CC1(CCCc2cc(Cl)ccc21)CO3. The quantitative estimate of drug-likeness (QED) is 0.389. The lowest BCUT2D eigenvalue weighted by Gasteiger charge is -2.42. The molecule has 2 aromatic rings. The van der Waals surface area contributed by atoms with Gasteiger partial charge in [-0.1, -0.05) is 24.6 Å². The predicted octanol–water partition coefficient (Wildman–Crippen LogP) is 5.42. The maximum absolute atomic E-state index is 13.9. The molecule has 0 radical (unpaired) electrons. The van der Waals surface area contributed by atoms with Crippen molar-refractivity contribution in [3.63, 3.8) is 0 Å². The van der Waals surface area contributed by atoms with Gasteiger partial charge in [-0.15, -0.1) is 0 Å². The highest BCUT2D eigenvalue weighted by Gasteiger charge is 2.43. The summed E-state index contributed by atoms with van der Waals surface area (Å²) in [4.78, 5) is 37.0. The second-order valence-electron chi connectivity index (χ2n) is 13.6. The van der Waals surface area contributed by atoms with E-state index < -0.39 is 0 Å². The van der Waals surface area contributed by atoms with Crippen molar-refractivity contribution in [1.29, 1.82) is 0 Å². The molecule has 2 saturated heterocycles. The number of halogens is 1. The Kier molecular flexibility index (Phi) is 8.40. The average molecular weight is 638 g/mol. The van der Waals surface area contributed by atoms with Crippen molar-refractivity contribution in [3.05, 3.63) is 52.5 Å². The summed E-state index contributed by atoms with van der Waals surface area (Å²) in [5.74, 6) is 1.19. The number of fused-ring (bicyclic) bond motifs is 6. The molecule has 5 aliphatic rings. The number of aryl methyl sites for hydroxylation is 1. The molecule has 0 saturated carbocycles. The molecular weight excluding hydrogens is 594 g/mol. The van der Waals surface area contributed by atoms with Gasteiger partial charge in [0.25, 0.3) is 0 Å². The minimum atomic E-state index is -0.177. The van der Waals surface area contributed by atoms with E-state index in [0.29, 0.717) is 19.1 Å². The molecular formula is C34H44ClN5O3S. The molecule has 5 unspecified atom stereocenters. The highest BCUT2D eigenvalue weighted by molar-refractivity contribution is 7.98. The third-order valence-electron chi connectivity index (χ3n) is 10.8. The third-order valence-corrected chi connectivity index (χ3v) is 11.9. The minimum absolute atomic E-state index is 0.0727. The molecule has 8 nitrogen and oxygen atoms in total. The molecule has 44 heavy (non-hydrogen) atoms. The van der Waals surface area contributed by atoms with Crippen LogP contribution >= 0.6 is 23.5 Å². The first-order valence-corrected chi connectivity index (χ1v) is 17.5. The Morgan fingerprint density at radius 3 is 2.80 bits per heavy atom. The summed E-state index contributed by atoms with van der Waals surface area (Å²) in [5.41, 5.74) is 3.51. The zero-order valence-electron chi connectivity index (χ0n) is 25.9. The van der Waals surface area contributed by atoms with Crippen molar-refractivity contribution < 1.29 is 14.3 Å². The Balaban J connectivity index is 1.25. The fraction of sp³-hybridized carbons (Fsp3) is 0.588. The van der Waals surface area contributed by atoms with Gasteiger partial charge in [0, 0.05) is 67.6 Å². The molecule has 236 valence electrons. The van der Waals surface area contributed by atoms with Gasteiger partial charge in [-0.25, -0.2) is 4.79 Å². The Morgan fingerprint density at radius 2 is 1.91 bits per heavy atom. The first-order chi connectivity index (χ1) is 21.3. The van der Waals surface area contributed by atoms with E-state index in [4.69, 9.17) is 16.3 Å². The molecule has 1 spiro atoms. The Labute approximate surface area is 270 Å². The summed E-state index contributed by atoms with van der Waals surface area (Å²) >= 11 is 7.85. The number of hydrogen-bond acceptors (Lipinski definition) is 6. The highest BCUT2D eigenvalue weighted by atomic mass is 35.5. The molecule has 1 aliphatic carbocycles. The number of carbonyl (C=O) groups excluding carboxylic acids is 2. The summed E-state index contributed by atoms with van der Waals surface area (Å²) < 4.78 is 9.85. The Hall–Kier alpha value is -2.62. The Bertz CT molecular complexity index is 1430. The first-order valence-electron chi connectivity index (χ1n) is 16.3. The lowest BCUT2D eigenvalue weighted by Crippen LogP contribution is -2.52. The van der Waals surface area contributed by atoms with E-state index in [2.05, 4.69) is 49.8 Å². The van der Waals surface area contributed by atoms with Crippen LogP contribution in [-0.2, 0) is 16.6 Å². The van der Waals surface area contributed by atoms with Crippen LogP contribution in [0.3, 0.4) is 0 Å². The van der Waals surface area contributed by atoms with Gasteiger partial charge in [-0.3, -0.25) is 9.52 Å². The second-order valence-corrected chi connectivity index (χ2v) is 15.0. The summed E-state index contributed by atoms with van der Waals surface area (Å²) in [6.45, 7) is 8.38. The van der Waals surface area contributed by atoms with Crippen molar-refractivity contribution in [2.24, 2.45) is 11.8 Å². The van der Waals surface area contributed by atoms with E-state index in [1.807, 2.05) is 24.9 Å². The van der Waals surface area contributed by atoms with Gasteiger partial charge in [0.2, 0.25) is 5.91 Å². The maximum Gasteiger partial charge on any atom is 0.320 e. The lowest BCUT2D eigenvalue weighted by molar-refractivity contribution is -0.123. The number of benzene rings is 2. The lowest BCUT2D eigenvalue weighted by atomic mass is 9.70. The third kappa shape index (κ3) is 5.76. The fourth-order valence-electron chi connectivity index (χ4n) is 8.19. The van der Waals surface area contributed by atoms with Crippen molar-refractivity contribution in [2.75, 3.05) is 64.4 Å². The molecule has 0 aromatic heterocycles. The van der Waals surface area contributed by atoms with Crippen LogP contribution in [0.15, 0.2) is 41.3 Å². The first kappa shape index (κ1) is 30.1. The standard InChI is InChI=1S/C34H44ClN5O3S/c1-23-25-11-14-38(19-25)16-15-37(2)33(42)40-13-4-6-27(40)20-39-21-34(12-3-5-24-17-26(35)7-9-29(24)34)22-43-31-10-8-28(18-30(31)39)44-36-32(23)41/h7-10,17-18,23,25,27H,3-6,11-16,19-22H2,1-2H3,(H,36,41). The molecule has 1 N–H and O–H groups in total. The van der Waals surface area contributed by atoms with Crippen molar-refractivity contribution >= 4 is 41.2 Å². The maximum atomic E-state index is 13.9. The molecule has 2 fully saturated rings. The molecule has 4 aliphatic heterocycles. The van der Waals surface area contributed by atoms with Crippen LogP contribution in [0.25, 0.3) is 0 Å². The molecule has 2 aromatic carbocycles. The van der Waals surface area contributed by atoms with Crippen LogP contribution in [0.1, 0.15) is 50.2 Å². The van der Waals surface area contributed by atoms with E-state index in [1.54, 1.807) is 0 Å². The second kappa shape index (κ2) is 12.3. The highest BCUT2D eigenvalue weighted by Crippen LogP contribution is 2.45. The van der Waals surface area contributed by atoms with E-state index in [-0.39, 0.29) is 29.3 Å². The molecule has 4 bridgehead atoms. The van der Waals surface area contributed by atoms with Crippen LogP contribution < -0.4 is 14.4 Å². The smallest absolute Gasteiger partial charge is 0.320 e. The van der Waals surface area contributed by atoms with E-state index in [9.17, 15) is 9.59 Å². The molecule has 7 rings (SSSR count). The zero-order valence-corrected chi connectivity index (χ0v) is 27.5. The number of carbonyl (C=O) groups is 2. The van der Waals surface area contributed by atoms with Gasteiger partial charge < -0.3 is 24.3 Å². The Morgan fingerprint density at radius 1 is 1.02 bits per heavy atom. The van der Waals surface area contributed by atoms with Gasteiger partial charge in [-0.2, -0.15) is 0 Å². The van der Waals surface area contributed by atoms with Crippen LogP contribution in [0, 0.1) is 11.8 Å². The van der Waals surface area contributed by atoms with Crippen molar-refractivity contribution in [3.8, 4) is 5.75 Å². The average Bonchev–Trinajstić information content (AvgIpc) is 3.67. The number of nitrogens with one attached hydrogen (secondary N) is 1. The number of rotatable bonds is 0.